The highest BCUT2D eigenvalue weighted by Gasteiger charge is 2.32. The van der Waals surface area contributed by atoms with Gasteiger partial charge in [0.25, 0.3) is 5.91 Å². The molecule has 1 saturated heterocycles. The summed E-state index contributed by atoms with van der Waals surface area (Å²) in [7, 11) is 1.53. The number of rotatable bonds is 4. The molecule has 1 fully saturated rings. The average Bonchev–Trinajstić information content (AvgIpc) is 3.27. The molecule has 0 unspecified atom stereocenters. The van der Waals surface area contributed by atoms with Crippen LogP contribution in [0.25, 0.3) is 0 Å². The molecule has 0 spiro atoms. The Labute approximate surface area is 158 Å². The smallest absolute Gasteiger partial charge is 0.257 e. The Morgan fingerprint density at radius 1 is 1.26 bits per heavy atom. The van der Waals surface area contributed by atoms with Gasteiger partial charge in [-0.15, -0.1) is 0 Å². The fourth-order valence-electron chi connectivity index (χ4n) is 3.81. The van der Waals surface area contributed by atoms with Gasteiger partial charge in [0.1, 0.15) is 5.56 Å². The van der Waals surface area contributed by atoms with Crippen LogP contribution in [0.3, 0.4) is 0 Å². The first kappa shape index (κ1) is 17.5. The zero-order valence-electron chi connectivity index (χ0n) is 15.6. The second-order valence-electron chi connectivity index (χ2n) is 7.22. The Hall–Kier alpha value is -2.89. The van der Waals surface area contributed by atoms with E-state index in [1.807, 2.05) is 37.3 Å². The zero-order valence-corrected chi connectivity index (χ0v) is 15.6. The van der Waals surface area contributed by atoms with Crippen molar-refractivity contribution in [3.8, 4) is 5.88 Å². The first-order valence-electron chi connectivity index (χ1n) is 9.30. The fourth-order valence-corrected chi connectivity index (χ4v) is 3.81. The summed E-state index contributed by atoms with van der Waals surface area (Å²) in [5, 5.41) is 2.98. The number of anilines is 1. The fraction of sp³-hybridized carbons (Fsp3) is 0.381. The van der Waals surface area contributed by atoms with Gasteiger partial charge < -0.3 is 15.0 Å². The lowest BCUT2D eigenvalue weighted by Crippen LogP contribution is -2.37. The van der Waals surface area contributed by atoms with E-state index in [-0.39, 0.29) is 17.9 Å². The first-order chi connectivity index (χ1) is 13.0. The van der Waals surface area contributed by atoms with Gasteiger partial charge in [-0.1, -0.05) is 17.7 Å². The van der Waals surface area contributed by atoms with Crippen LogP contribution in [0.5, 0.6) is 5.88 Å². The Kier molecular flexibility index (Phi) is 4.56. The number of hydrogen-bond donors (Lipinski definition) is 1. The summed E-state index contributed by atoms with van der Waals surface area (Å²) in [5.41, 5.74) is 4.58. The summed E-state index contributed by atoms with van der Waals surface area (Å²) in [6, 6.07) is 9.49. The predicted octanol–water partition coefficient (Wildman–Crippen LogP) is 2.42. The maximum atomic E-state index is 12.8. The van der Waals surface area contributed by atoms with Crippen molar-refractivity contribution in [1.82, 2.24) is 10.3 Å². The number of aryl methyl sites for hydroxylation is 3. The third-order valence-electron chi connectivity index (χ3n) is 5.26. The van der Waals surface area contributed by atoms with E-state index in [0.717, 1.165) is 41.8 Å². The maximum Gasteiger partial charge on any atom is 0.257 e. The number of hydrogen-bond acceptors (Lipinski definition) is 4. The molecule has 6 heteroatoms. The molecule has 140 valence electrons. The van der Waals surface area contributed by atoms with E-state index in [0.29, 0.717) is 24.4 Å². The molecule has 1 aliphatic heterocycles. The molecule has 1 N–H and O–H groups in total. The number of ether oxygens (including phenoxy) is 1. The highest BCUT2D eigenvalue weighted by Crippen LogP contribution is 2.27. The van der Waals surface area contributed by atoms with Crippen LogP contribution < -0.4 is 15.0 Å². The lowest BCUT2D eigenvalue weighted by molar-refractivity contribution is -0.117. The highest BCUT2D eigenvalue weighted by molar-refractivity contribution is 6.00. The molecule has 2 amide bonds. The van der Waals surface area contributed by atoms with Crippen molar-refractivity contribution in [1.29, 1.82) is 0 Å². The Balaban J connectivity index is 1.49. The number of carbonyl (C=O) groups is 2. The molecule has 1 atom stereocenters. The highest BCUT2D eigenvalue weighted by atomic mass is 16.5. The molecule has 1 aromatic carbocycles. The summed E-state index contributed by atoms with van der Waals surface area (Å²) >= 11 is 0. The van der Waals surface area contributed by atoms with Crippen molar-refractivity contribution in [2.24, 2.45) is 0 Å². The number of amides is 2. The monoisotopic (exact) mass is 365 g/mol. The van der Waals surface area contributed by atoms with Crippen molar-refractivity contribution in [3.05, 3.63) is 52.7 Å². The van der Waals surface area contributed by atoms with Crippen LogP contribution in [0.4, 0.5) is 5.69 Å². The molecular formula is C21H23N3O3. The molecule has 27 heavy (non-hydrogen) atoms. The van der Waals surface area contributed by atoms with Crippen LogP contribution in [0, 0.1) is 6.92 Å². The van der Waals surface area contributed by atoms with E-state index in [1.54, 1.807) is 4.90 Å². The van der Waals surface area contributed by atoms with Gasteiger partial charge in [0, 0.05) is 24.3 Å². The summed E-state index contributed by atoms with van der Waals surface area (Å²) in [6.07, 6.45) is 3.21. The number of benzene rings is 1. The van der Waals surface area contributed by atoms with Crippen LogP contribution in [0.15, 0.2) is 30.3 Å². The van der Waals surface area contributed by atoms with Crippen molar-refractivity contribution < 1.29 is 14.3 Å². The van der Waals surface area contributed by atoms with E-state index in [1.165, 1.54) is 7.11 Å². The zero-order chi connectivity index (χ0) is 19.0. The Bertz CT molecular complexity index is 892. The molecule has 1 aliphatic carbocycles. The first-order valence-corrected chi connectivity index (χ1v) is 9.30. The largest absolute Gasteiger partial charge is 0.480 e. The normalized spacial score (nSPS) is 18.5. The molecule has 0 saturated carbocycles. The number of nitrogens with zero attached hydrogens (tertiary/aromatic N) is 2. The van der Waals surface area contributed by atoms with Crippen molar-refractivity contribution in [2.75, 3.05) is 18.6 Å². The molecule has 2 aliphatic rings. The van der Waals surface area contributed by atoms with Gasteiger partial charge in [0.05, 0.1) is 13.2 Å². The molecule has 2 aromatic rings. The molecule has 0 bridgehead atoms. The number of aromatic nitrogens is 1. The second kappa shape index (κ2) is 7.02. The van der Waals surface area contributed by atoms with E-state index < -0.39 is 0 Å². The predicted molar refractivity (Wildman–Crippen MR) is 102 cm³/mol. The van der Waals surface area contributed by atoms with Gasteiger partial charge in [0.15, 0.2) is 0 Å². The van der Waals surface area contributed by atoms with Crippen LogP contribution in [0.1, 0.15) is 40.0 Å². The van der Waals surface area contributed by atoms with Gasteiger partial charge in [-0.05, 0) is 49.9 Å². The van der Waals surface area contributed by atoms with Crippen molar-refractivity contribution in [3.63, 3.8) is 0 Å². The summed E-state index contributed by atoms with van der Waals surface area (Å²) in [6.45, 7) is 2.48. The van der Waals surface area contributed by atoms with E-state index in [9.17, 15) is 9.59 Å². The minimum atomic E-state index is -0.238. The molecular weight excluding hydrogens is 342 g/mol. The van der Waals surface area contributed by atoms with Gasteiger partial charge in [0.2, 0.25) is 11.8 Å². The van der Waals surface area contributed by atoms with Gasteiger partial charge in [-0.25, -0.2) is 4.98 Å². The number of pyridine rings is 1. The number of fused-ring (bicyclic) bond motifs is 1. The summed E-state index contributed by atoms with van der Waals surface area (Å²) in [4.78, 5) is 31.4. The van der Waals surface area contributed by atoms with Gasteiger partial charge in [-0.3, -0.25) is 9.59 Å². The summed E-state index contributed by atoms with van der Waals surface area (Å²) in [5.74, 6) is 0.133. The lowest BCUT2D eigenvalue weighted by atomic mass is 10.1. The molecule has 2 heterocycles. The molecule has 0 radical (unpaired) electrons. The Morgan fingerprint density at radius 2 is 2.04 bits per heavy atom. The third kappa shape index (κ3) is 3.39. The topological polar surface area (TPSA) is 71.5 Å². The molecule has 6 nitrogen and oxygen atoms in total. The number of nitrogens with one attached hydrogen (secondary N) is 1. The average molecular weight is 365 g/mol. The molecule has 1 aromatic heterocycles. The SMILES string of the molecule is COc1nc2c(cc1C(=O)N[C@@H]1CC(=O)N(c3ccc(C)cc3)C1)CCC2. The van der Waals surface area contributed by atoms with Crippen molar-refractivity contribution >= 4 is 17.5 Å². The van der Waals surface area contributed by atoms with Crippen LogP contribution in [-0.2, 0) is 17.6 Å². The van der Waals surface area contributed by atoms with Crippen LogP contribution >= 0.6 is 0 Å². The van der Waals surface area contributed by atoms with E-state index in [4.69, 9.17) is 4.74 Å². The third-order valence-corrected chi connectivity index (χ3v) is 5.26. The Morgan fingerprint density at radius 3 is 2.78 bits per heavy atom. The van der Waals surface area contributed by atoms with Crippen molar-refractivity contribution in [2.45, 2.75) is 38.6 Å². The minimum Gasteiger partial charge on any atom is -0.480 e. The molecule has 4 rings (SSSR count). The standard InChI is InChI=1S/C21H23N3O3/c1-13-6-8-16(9-7-13)24-12-15(11-19(24)25)22-20(26)17-10-14-4-3-5-18(14)23-21(17)27-2/h6-10,15H,3-5,11-12H2,1-2H3,(H,22,26)/t15-/m1/s1. The van der Waals surface area contributed by atoms with Gasteiger partial charge in [-0.2, -0.15) is 0 Å². The second-order valence-corrected chi connectivity index (χ2v) is 7.22. The van der Waals surface area contributed by atoms with E-state index in [2.05, 4.69) is 10.3 Å². The van der Waals surface area contributed by atoms with Gasteiger partial charge >= 0.3 is 0 Å². The minimum absolute atomic E-state index is 0.0168. The van der Waals surface area contributed by atoms with Crippen LogP contribution in [0.2, 0.25) is 0 Å². The quantitative estimate of drug-likeness (QED) is 0.903. The number of carbonyl (C=O) groups excluding carboxylic acids is 2. The lowest BCUT2D eigenvalue weighted by Gasteiger charge is -2.18. The summed E-state index contributed by atoms with van der Waals surface area (Å²) < 4.78 is 5.33. The number of methoxy groups -OCH3 is 1. The maximum absolute atomic E-state index is 12.8. The van der Waals surface area contributed by atoms with E-state index >= 15 is 0 Å². The van der Waals surface area contributed by atoms with Crippen LogP contribution in [-0.4, -0.2) is 36.5 Å².